The Balaban J connectivity index is 2.33. The van der Waals surface area contributed by atoms with Gasteiger partial charge in [-0.1, -0.05) is 31.5 Å². The lowest BCUT2D eigenvalue weighted by atomic mass is 10.1. The largest absolute Gasteiger partial charge is 0.493 e. The van der Waals surface area contributed by atoms with Gasteiger partial charge in [-0.25, -0.2) is 4.39 Å². The smallest absolute Gasteiger partial charge is 0.251 e. The van der Waals surface area contributed by atoms with Gasteiger partial charge < -0.3 is 20.1 Å². The molecule has 0 heterocycles. The minimum Gasteiger partial charge on any atom is -0.493 e. The zero-order chi connectivity index (χ0) is 22.3. The summed E-state index contributed by atoms with van der Waals surface area (Å²) in [6.45, 7) is 3.98. The molecule has 0 fully saturated rings. The lowest BCUT2D eigenvalue weighted by molar-refractivity contribution is -0.115. The number of rotatable bonds is 9. The minimum atomic E-state index is -0.569. The highest BCUT2D eigenvalue weighted by Gasteiger charge is 2.20. The van der Waals surface area contributed by atoms with Crippen LogP contribution in [0.4, 0.5) is 10.1 Å². The molecule has 0 bridgehead atoms. The Bertz CT molecular complexity index is 896. The zero-order valence-electron chi connectivity index (χ0n) is 17.5. The third-order valence-corrected chi connectivity index (χ3v) is 5.09. The normalized spacial score (nSPS) is 10.6. The monoisotopic (exact) mass is 436 g/mol. The molecule has 2 rings (SSSR count). The highest BCUT2D eigenvalue weighted by atomic mass is 35.5. The Hall–Kier alpha value is -2.80. The van der Waals surface area contributed by atoms with Crippen molar-refractivity contribution in [3.63, 3.8) is 0 Å². The van der Waals surface area contributed by atoms with Gasteiger partial charge in [-0.15, -0.1) is 0 Å². The number of anilines is 1. The number of carbonyl (C=O) groups is 2. The van der Waals surface area contributed by atoms with Crippen LogP contribution in [0.5, 0.6) is 11.5 Å². The first-order valence-electron chi connectivity index (χ1n) is 9.64. The third-order valence-electron chi connectivity index (χ3n) is 4.74. The van der Waals surface area contributed by atoms with Crippen molar-refractivity contribution in [1.82, 2.24) is 5.32 Å². The summed E-state index contributed by atoms with van der Waals surface area (Å²) in [5.74, 6) is -0.837. The van der Waals surface area contributed by atoms with E-state index >= 15 is 0 Å². The summed E-state index contributed by atoms with van der Waals surface area (Å²) in [5.41, 5.74) is 0.632. The molecule has 0 radical (unpaired) electrons. The summed E-state index contributed by atoms with van der Waals surface area (Å²) in [4.78, 5) is 25.2. The van der Waals surface area contributed by atoms with E-state index in [0.717, 1.165) is 12.8 Å². The van der Waals surface area contributed by atoms with Crippen LogP contribution in [0.15, 0.2) is 30.3 Å². The fourth-order valence-electron chi connectivity index (χ4n) is 3.01. The highest BCUT2D eigenvalue weighted by molar-refractivity contribution is 6.31. The van der Waals surface area contributed by atoms with Crippen LogP contribution in [0, 0.1) is 5.82 Å². The number of hydrogen-bond acceptors (Lipinski definition) is 4. The maximum atomic E-state index is 14.0. The number of methoxy groups -OCH3 is 2. The summed E-state index contributed by atoms with van der Waals surface area (Å²) in [6, 6.07) is 7.29. The maximum absolute atomic E-state index is 14.0. The number of ether oxygens (including phenoxy) is 2. The van der Waals surface area contributed by atoms with Gasteiger partial charge >= 0.3 is 0 Å². The Morgan fingerprint density at radius 2 is 1.83 bits per heavy atom. The first-order chi connectivity index (χ1) is 14.3. The van der Waals surface area contributed by atoms with Gasteiger partial charge in [0.2, 0.25) is 5.91 Å². The predicted molar refractivity (Wildman–Crippen MR) is 115 cm³/mol. The van der Waals surface area contributed by atoms with E-state index < -0.39 is 11.7 Å². The van der Waals surface area contributed by atoms with Crippen LogP contribution in [0.1, 0.15) is 42.6 Å². The standard InChI is InChI=1S/C22H26ClFN2O4/c1-5-14(6-2)25-22(28)13-10-18(21(30-4)19(11-13)29-3)26-20(27)12-15-16(23)8-7-9-17(15)24/h7-11,14H,5-6,12H2,1-4H3,(H,25,28)(H,26,27). The van der Waals surface area contributed by atoms with Crippen molar-refractivity contribution in [2.45, 2.75) is 39.2 Å². The van der Waals surface area contributed by atoms with Gasteiger partial charge in [-0.3, -0.25) is 9.59 Å². The second-order valence-corrected chi connectivity index (χ2v) is 7.08. The van der Waals surface area contributed by atoms with E-state index in [-0.39, 0.29) is 46.1 Å². The molecule has 30 heavy (non-hydrogen) atoms. The van der Waals surface area contributed by atoms with E-state index in [0.29, 0.717) is 5.56 Å². The molecule has 0 aliphatic heterocycles. The van der Waals surface area contributed by atoms with Crippen molar-refractivity contribution in [2.24, 2.45) is 0 Å². The van der Waals surface area contributed by atoms with Crippen LogP contribution < -0.4 is 20.1 Å². The fourth-order valence-corrected chi connectivity index (χ4v) is 3.24. The lowest BCUT2D eigenvalue weighted by Crippen LogP contribution is -2.33. The molecule has 2 N–H and O–H groups in total. The molecule has 0 aliphatic rings. The zero-order valence-corrected chi connectivity index (χ0v) is 18.2. The van der Waals surface area contributed by atoms with E-state index in [2.05, 4.69) is 10.6 Å². The van der Waals surface area contributed by atoms with Gasteiger partial charge in [0.25, 0.3) is 5.91 Å². The van der Waals surface area contributed by atoms with Gasteiger partial charge in [0.1, 0.15) is 5.82 Å². The van der Waals surface area contributed by atoms with Crippen LogP contribution >= 0.6 is 11.6 Å². The average molecular weight is 437 g/mol. The molecule has 0 spiro atoms. The Morgan fingerprint density at radius 3 is 2.40 bits per heavy atom. The molecule has 0 saturated heterocycles. The quantitative estimate of drug-likeness (QED) is 0.602. The summed E-state index contributed by atoms with van der Waals surface area (Å²) in [7, 11) is 2.86. The Labute approximate surface area is 180 Å². The van der Waals surface area contributed by atoms with E-state index in [1.54, 1.807) is 6.07 Å². The second-order valence-electron chi connectivity index (χ2n) is 6.67. The van der Waals surface area contributed by atoms with Gasteiger partial charge in [0.05, 0.1) is 26.3 Å². The predicted octanol–water partition coefficient (Wildman–Crippen LogP) is 4.60. The number of carbonyl (C=O) groups excluding carboxylic acids is 2. The van der Waals surface area contributed by atoms with Crippen molar-refractivity contribution >= 4 is 29.1 Å². The van der Waals surface area contributed by atoms with E-state index in [4.69, 9.17) is 21.1 Å². The molecule has 2 amide bonds. The van der Waals surface area contributed by atoms with Crippen LogP contribution in [0.3, 0.4) is 0 Å². The minimum absolute atomic E-state index is 0.0341. The molecule has 0 aromatic heterocycles. The van der Waals surface area contributed by atoms with Crippen LogP contribution in [-0.4, -0.2) is 32.1 Å². The van der Waals surface area contributed by atoms with Crippen molar-refractivity contribution < 1.29 is 23.5 Å². The summed E-state index contributed by atoms with van der Waals surface area (Å²) in [6.07, 6.45) is 1.31. The molecule has 0 saturated carbocycles. The molecule has 2 aromatic carbocycles. The summed E-state index contributed by atoms with van der Waals surface area (Å²) < 4.78 is 24.7. The Kier molecular flexibility index (Phi) is 8.47. The molecule has 0 aliphatic carbocycles. The Morgan fingerprint density at radius 1 is 1.13 bits per heavy atom. The SMILES string of the molecule is CCC(CC)NC(=O)c1cc(NC(=O)Cc2c(F)cccc2Cl)c(OC)c(OC)c1. The number of halogens is 2. The van der Waals surface area contributed by atoms with E-state index in [9.17, 15) is 14.0 Å². The molecule has 0 unspecified atom stereocenters. The second kappa shape index (κ2) is 10.8. The topological polar surface area (TPSA) is 76.7 Å². The van der Waals surface area contributed by atoms with Crippen molar-refractivity contribution in [3.8, 4) is 11.5 Å². The molecule has 8 heteroatoms. The average Bonchev–Trinajstić information content (AvgIpc) is 2.73. The van der Waals surface area contributed by atoms with Crippen LogP contribution in [-0.2, 0) is 11.2 Å². The van der Waals surface area contributed by atoms with Crippen molar-refractivity contribution in [3.05, 3.63) is 52.3 Å². The van der Waals surface area contributed by atoms with Crippen molar-refractivity contribution in [1.29, 1.82) is 0 Å². The molecule has 162 valence electrons. The van der Waals surface area contributed by atoms with Crippen LogP contribution in [0.2, 0.25) is 5.02 Å². The number of amides is 2. The van der Waals surface area contributed by atoms with Gasteiger partial charge in [-0.05, 0) is 37.1 Å². The van der Waals surface area contributed by atoms with Gasteiger partial charge in [0, 0.05) is 22.2 Å². The summed E-state index contributed by atoms with van der Waals surface area (Å²) in [5, 5.41) is 5.77. The first-order valence-corrected chi connectivity index (χ1v) is 10.0. The van der Waals surface area contributed by atoms with Gasteiger partial charge in [0.15, 0.2) is 11.5 Å². The molecular weight excluding hydrogens is 411 g/mol. The highest BCUT2D eigenvalue weighted by Crippen LogP contribution is 2.37. The number of benzene rings is 2. The van der Waals surface area contributed by atoms with Crippen molar-refractivity contribution in [2.75, 3.05) is 19.5 Å². The maximum Gasteiger partial charge on any atom is 0.251 e. The fraction of sp³-hybridized carbons (Fsp3) is 0.364. The third kappa shape index (κ3) is 5.63. The van der Waals surface area contributed by atoms with Crippen LogP contribution in [0.25, 0.3) is 0 Å². The number of nitrogens with one attached hydrogen (secondary N) is 2. The van der Waals surface area contributed by atoms with E-state index in [1.807, 2.05) is 13.8 Å². The number of hydrogen-bond donors (Lipinski definition) is 2. The molecule has 2 aromatic rings. The molecule has 0 atom stereocenters. The first kappa shape index (κ1) is 23.5. The molecule has 6 nitrogen and oxygen atoms in total. The van der Waals surface area contributed by atoms with Gasteiger partial charge in [-0.2, -0.15) is 0 Å². The summed E-state index contributed by atoms with van der Waals surface area (Å²) >= 11 is 6.01. The lowest BCUT2D eigenvalue weighted by Gasteiger charge is -2.18. The molecular formula is C22H26ClFN2O4. The van der Waals surface area contributed by atoms with E-state index in [1.165, 1.54) is 38.5 Å².